The van der Waals surface area contributed by atoms with Crippen LogP contribution in [0.3, 0.4) is 0 Å². The molecule has 1 atom stereocenters. The van der Waals surface area contributed by atoms with Crippen molar-refractivity contribution >= 4 is 27.3 Å². The van der Waals surface area contributed by atoms with Crippen LogP contribution in [0.4, 0.5) is 10.1 Å². The summed E-state index contributed by atoms with van der Waals surface area (Å²) in [7, 11) is -2.57. The lowest BCUT2D eigenvalue weighted by atomic mass is 10.0. The lowest BCUT2D eigenvalue weighted by molar-refractivity contribution is 0.0981. The van der Waals surface area contributed by atoms with E-state index in [1.54, 1.807) is 19.2 Å². The Hall–Kier alpha value is -3.38. The smallest absolute Gasteiger partial charge is 0.303 e. The maximum absolute atomic E-state index is 14.9. The summed E-state index contributed by atoms with van der Waals surface area (Å²) in [5.41, 5.74) is 2.21. The third-order valence-corrected chi connectivity index (χ3v) is 8.14. The molecule has 0 unspecified atom stereocenters. The summed E-state index contributed by atoms with van der Waals surface area (Å²) in [6, 6.07) is 6.93. The summed E-state index contributed by atoms with van der Waals surface area (Å²) >= 11 is 0. The van der Waals surface area contributed by atoms with Gasteiger partial charge in [0.15, 0.2) is 17.3 Å². The van der Waals surface area contributed by atoms with Crippen LogP contribution in [-0.4, -0.2) is 61.6 Å². The largest absolute Gasteiger partial charge is 0.489 e. The number of hydrogen-bond acceptors (Lipinski definition) is 7. The maximum Gasteiger partial charge on any atom is 0.303 e. The highest BCUT2D eigenvalue weighted by Gasteiger charge is 2.30. The fourth-order valence-electron chi connectivity index (χ4n) is 4.61. The number of benzene rings is 1. The van der Waals surface area contributed by atoms with E-state index in [0.29, 0.717) is 30.9 Å². The molecule has 1 fully saturated rings. The minimum absolute atomic E-state index is 0.0992. The predicted octanol–water partition coefficient (Wildman–Crippen LogP) is 2.90. The quantitative estimate of drug-likeness (QED) is 0.536. The van der Waals surface area contributed by atoms with E-state index < -0.39 is 21.9 Å². The molecule has 3 aromatic rings. The zero-order chi connectivity index (χ0) is 25.4. The molecule has 2 aromatic heterocycles. The molecule has 4 heterocycles. The first-order valence-corrected chi connectivity index (χ1v) is 13.3. The molecular weight excluding hydrogens is 489 g/mol. The Labute approximate surface area is 208 Å². The minimum Gasteiger partial charge on any atom is -0.489 e. The first-order chi connectivity index (χ1) is 17.3. The van der Waals surface area contributed by atoms with Gasteiger partial charge in [0.1, 0.15) is 0 Å². The Balaban J connectivity index is 1.46. The van der Waals surface area contributed by atoms with Crippen LogP contribution in [0.15, 0.2) is 36.7 Å². The second-order valence-corrected chi connectivity index (χ2v) is 10.6. The third-order valence-electron chi connectivity index (χ3n) is 6.62. The molecule has 10 nitrogen and oxygen atoms in total. The van der Waals surface area contributed by atoms with Gasteiger partial charge < -0.3 is 14.4 Å². The van der Waals surface area contributed by atoms with E-state index in [-0.39, 0.29) is 23.9 Å². The number of halogens is 1. The highest BCUT2D eigenvalue weighted by atomic mass is 32.2. The van der Waals surface area contributed by atoms with E-state index in [0.717, 1.165) is 34.9 Å². The number of nitrogens with one attached hydrogen (secondary N) is 1. The fourth-order valence-corrected chi connectivity index (χ4v) is 5.45. The van der Waals surface area contributed by atoms with Gasteiger partial charge in [-0.2, -0.15) is 17.8 Å². The van der Waals surface area contributed by atoms with Crippen LogP contribution in [0.2, 0.25) is 0 Å². The zero-order valence-corrected chi connectivity index (χ0v) is 20.9. The van der Waals surface area contributed by atoms with Crippen LogP contribution in [0.25, 0.3) is 5.52 Å². The van der Waals surface area contributed by atoms with Crippen LogP contribution in [-0.2, 0) is 10.2 Å². The second-order valence-electron chi connectivity index (χ2n) is 8.86. The van der Waals surface area contributed by atoms with Crippen molar-refractivity contribution in [2.45, 2.75) is 32.2 Å². The number of carbonyl (C=O) groups excluding carboxylic acids is 1. The molecule has 0 bridgehead atoms. The van der Waals surface area contributed by atoms with Crippen molar-refractivity contribution in [3.05, 3.63) is 53.6 Å². The number of anilines is 1. The van der Waals surface area contributed by atoms with Gasteiger partial charge >= 0.3 is 10.2 Å². The predicted molar refractivity (Wildman–Crippen MR) is 131 cm³/mol. The molecule has 192 valence electrons. The number of hydrogen-bond donors (Lipinski definition) is 1. The molecule has 0 radical (unpaired) electrons. The Bertz CT molecular complexity index is 1410. The summed E-state index contributed by atoms with van der Waals surface area (Å²) in [6.45, 7) is 3.51. The van der Waals surface area contributed by atoms with Crippen molar-refractivity contribution in [3.8, 4) is 11.5 Å². The van der Waals surface area contributed by atoms with Crippen LogP contribution < -0.4 is 19.1 Å². The maximum atomic E-state index is 14.9. The van der Waals surface area contributed by atoms with Gasteiger partial charge in [0, 0.05) is 38.4 Å². The minimum atomic E-state index is -3.96. The van der Waals surface area contributed by atoms with Gasteiger partial charge in [0.2, 0.25) is 0 Å². The highest BCUT2D eigenvalue weighted by Crippen LogP contribution is 2.41. The number of fused-ring (bicyclic) bond motifs is 2. The van der Waals surface area contributed by atoms with E-state index in [2.05, 4.69) is 14.7 Å². The Morgan fingerprint density at radius 2 is 2.06 bits per heavy atom. The lowest BCUT2D eigenvalue weighted by Crippen LogP contribution is -2.41. The van der Waals surface area contributed by atoms with Gasteiger partial charge in [0.25, 0.3) is 5.91 Å². The molecule has 0 spiro atoms. The highest BCUT2D eigenvalue weighted by molar-refractivity contribution is 7.87. The van der Waals surface area contributed by atoms with Crippen LogP contribution in [0, 0.1) is 5.82 Å². The SMILES string of the molecule is CCN(C)S(=O)(=O)NC(=O)c1cnn2ccc(N3CCC[C@@H]3c3cc(F)c4c(c3)OCCCO4)cc12. The zero-order valence-electron chi connectivity index (χ0n) is 20.1. The van der Waals surface area contributed by atoms with Crippen molar-refractivity contribution in [1.29, 1.82) is 0 Å². The normalized spacial score (nSPS) is 18.0. The average molecular weight is 518 g/mol. The number of nitrogens with zero attached hydrogens (tertiary/aromatic N) is 4. The first-order valence-electron chi connectivity index (χ1n) is 11.9. The summed E-state index contributed by atoms with van der Waals surface area (Å²) in [4.78, 5) is 15.0. The number of pyridine rings is 1. The lowest BCUT2D eigenvalue weighted by Gasteiger charge is -2.28. The van der Waals surface area contributed by atoms with Crippen LogP contribution in [0.5, 0.6) is 11.5 Å². The van der Waals surface area contributed by atoms with E-state index in [1.165, 1.54) is 23.8 Å². The van der Waals surface area contributed by atoms with Crippen LogP contribution in [0.1, 0.15) is 48.1 Å². The molecule has 5 rings (SSSR count). The van der Waals surface area contributed by atoms with E-state index >= 15 is 0 Å². The molecule has 1 aromatic carbocycles. The molecule has 1 saturated heterocycles. The summed E-state index contributed by atoms with van der Waals surface area (Å²) < 4.78 is 55.5. The van der Waals surface area contributed by atoms with Crippen LogP contribution >= 0.6 is 0 Å². The van der Waals surface area contributed by atoms with Crippen molar-refractivity contribution in [1.82, 2.24) is 18.6 Å². The Kier molecular flexibility index (Phi) is 6.47. The van der Waals surface area contributed by atoms with Crippen molar-refractivity contribution in [3.63, 3.8) is 0 Å². The molecule has 2 aliphatic heterocycles. The van der Waals surface area contributed by atoms with Crippen molar-refractivity contribution in [2.75, 3.05) is 38.3 Å². The van der Waals surface area contributed by atoms with E-state index in [4.69, 9.17) is 9.47 Å². The standard InChI is InChI=1S/C24H28FN5O5S/c1-3-28(2)36(32,33)27-24(31)18-15-26-30-9-7-17(14-21(18)30)29-8-4-6-20(29)16-12-19(25)23-22(13-16)34-10-5-11-35-23/h7,9,12-15,20H,3-6,8,10-11H2,1-2H3,(H,27,31)/t20-/m1/s1. The number of aromatic nitrogens is 2. The van der Waals surface area contributed by atoms with Gasteiger partial charge in [-0.1, -0.05) is 6.92 Å². The molecule has 36 heavy (non-hydrogen) atoms. The molecule has 2 aliphatic rings. The van der Waals surface area contributed by atoms with Crippen molar-refractivity contribution in [2.24, 2.45) is 0 Å². The number of amides is 1. The monoisotopic (exact) mass is 517 g/mol. The molecule has 0 saturated carbocycles. The topological polar surface area (TPSA) is 105 Å². The Morgan fingerprint density at radius 1 is 1.25 bits per heavy atom. The molecular formula is C24H28FN5O5S. The van der Waals surface area contributed by atoms with Gasteiger partial charge in [-0.15, -0.1) is 0 Å². The third kappa shape index (κ3) is 4.46. The second kappa shape index (κ2) is 9.58. The summed E-state index contributed by atoms with van der Waals surface area (Å²) in [5, 5.41) is 4.20. The first kappa shape index (κ1) is 24.3. The average Bonchev–Trinajstić information content (AvgIpc) is 3.44. The molecule has 1 amide bonds. The van der Waals surface area contributed by atoms with Gasteiger partial charge in [-0.05, 0) is 42.7 Å². The summed E-state index contributed by atoms with van der Waals surface area (Å²) in [5.74, 6) is -0.635. The number of rotatable bonds is 6. The van der Waals surface area contributed by atoms with Gasteiger partial charge in [-0.25, -0.2) is 13.6 Å². The summed E-state index contributed by atoms with van der Waals surface area (Å²) in [6.07, 6.45) is 5.48. The van der Waals surface area contributed by atoms with E-state index in [9.17, 15) is 17.6 Å². The van der Waals surface area contributed by atoms with Gasteiger partial charge in [-0.3, -0.25) is 4.79 Å². The van der Waals surface area contributed by atoms with Gasteiger partial charge in [0.05, 0.1) is 36.5 Å². The number of carbonyl (C=O) groups is 1. The fraction of sp³-hybridized carbons (Fsp3) is 0.417. The molecule has 12 heteroatoms. The molecule has 0 aliphatic carbocycles. The number of ether oxygens (including phenoxy) is 2. The Morgan fingerprint density at radius 3 is 2.86 bits per heavy atom. The molecule has 1 N–H and O–H groups in total. The van der Waals surface area contributed by atoms with Crippen molar-refractivity contribution < 1.29 is 27.1 Å². The van der Waals surface area contributed by atoms with E-state index in [1.807, 2.05) is 12.1 Å².